The SMILES string of the molecule is CCOC(=O)c1c(-n2c(C)cc(/C=C3\SC(=O)N(Cc4ccc(Cl)cc4)C3=O)c2C)sc2c1CCCC2. The van der Waals surface area contributed by atoms with Gasteiger partial charge in [0.05, 0.1) is 23.6 Å². The molecule has 1 fully saturated rings. The first-order valence-corrected chi connectivity index (χ1v) is 14.3. The number of thiophene rings is 1. The summed E-state index contributed by atoms with van der Waals surface area (Å²) in [4.78, 5) is 41.7. The number of carbonyl (C=O) groups excluding carboxylic acids is 3. The van der Waals surface area contributed by atoms with Crippen molar-refractivity contribution < 1.29 is 19.1 Å². The average molecular weight is 555 g/mol. The topological polar surface area (TPSA) is 68.6 Å². The molecule has 37 heavy (non-hydrogen) atoms. The molecule has 1 aliphatic heterocycles. The Kier molecular flexibility index (Phi) is 7.34. The molecule has 0 bridgehead atoms. The van der Waals surface area contributed by atoms with Crippen molar-refractivity contribution in [2.75, 3.05) is 6.61 Å². The van der Waals surface area contributed by atoms with Crippen LogP contribution in [0.3, 0.4) is 0 Å². The molecule has 3 heterocycles. The second-order valence-corrected chi connectivity index (χ2v) is 11.7. The highest BCUT2D eigenvalue weighted by Gasteiger charge is 2.35. The molecule has 1 saturated heterocycles. The van der Waals surface area contributed by atoms with Crippen LogP contribution in [0.15, 0.2) is 35.2 Å². The maximum Gasteiger partial charge on any atom is 0.341 e. The number of fused-ring (bicyclic) bond motifs is 1. The highest BCUT2D eigenvalue weighted by atomic mass is 35.5. The number of nitrogens with zero attached hydrogens (tertiary/aromatic N) is 2. The smallest absolute Gasteiger partial charge is 0.341 e. The number of halogens is 1. The Morgan fingerprint density at radius 2 is 1.86 bits per heavy atom. The lowest BCUT2D eigenvalue weighted by Crippen LogP contribution is -2.27. The fourth-order valence-corrected chi connectivity index (χ4v) is 7.36. The summed E-state index contributed by atoms with van der Waals surface area (Å²) in [6.07, 6.45) is 5.82. The number of aromatic nitrogens is 1. The Bertz CT molecular complexity index is 1440. The Balaban J connectivity index is 1.49. The summed E-state index contributed by atoms with van der Waals surface area (Å²) in [6, 6.07) is 9.10. The van der Waals surface area contributed by atoms with Gasteiger partial charge in [0.25, 0.3) is 11.1 Å². The third-order valence-corrected chi connectivity index (χ3v) is 9.16. The molecule has 3 aromatic rings. The van der Waals surface area contributed by atoms with Gasteiger partial charge in [0.15, 0.2) is 0 Å². The number of benzene rings is 1. The molecule has 2 aliphatic rings. The highest BCUT2D eigenvalue weighted by Crippen LogP contribution is 2.40. The van der Waals surface area contributed by atoms with E-state index in [-0.39, 0.29) is 23.7 Å². The van der Waals surface area contributed by atoms with E-state index in [0.717, 1.165) is 70.5 Å². The first-order valence-electron chi connectivity index (χ1n) is 12.3. The molecule has 1 aliphatic carbocycles. The van der Waals surface area contributed by atoms with Crippen LogP contribution in [0.2, 0.25) is 5.02 Å². The highest BCUT2D eigenvalue weighted by molar-refractivity contribution is 8.18. The van der Waals surface area contributed by atoms with Crippen molar-refractivity contribution in [2.45, 2.75) is 53.0 Å². The van der Waals surface area contributed by atoms with Crippen LogP contribution in [-0.2, 0) is 28.9 Å². The first-order chi connectivity index (χ1) is 17.8. The number of thioether (sulfide) groups is 1. The fourth-order valence-electron chi connectivity index (χ4n) is 4.92. The largest absolute Gasteiger partial charge is 0.462 e. The molecule has 0 atom stereocenters. The summed E-state index contributed by atoms with van der Waals surface area (Å²) in [6.45, 7) is 6.31. The molecule has 0 saturated carbocycles. The predicted molar refractivity (Wildman–Crippen MR) is 149 cm³/mol. The van der Waals surface area contributed by atoms with Crippen molar-refractivity contribution in [1.82, 2.24) is 9.47 Å². The van der Waals surface area contributed by atoms with E-state index in [1.807, 2.05) is 39.0 Å². The van der Waals surface area contributed by atoms with Crippen LogP contribution in [0.25, 0.3) is 11.1 Å². The van der Waals surface area contributed by atoms with Crippen LogP contribution in [0.5, 0.6) is 0 Å². The third kappa shape index (κ3) is 4.90. The minimum absolute atomic E-state index is 0.196. The van der Waals surface area contributed by atoms with Crippen LogP contribution >= 0.6 is 34.7 Å². The molecule has 2 aromatic heterocycles. The predicted octanol–water partition coefficient (Wildman–Crippen LogP) is 7.10. The zero-order chi connectivity index (χ0) is 26.3. The van der Waals surface area contributed by atoms with Crippen LogP contribution < -0.4 is 0 Å². The zero-order valence-corrected chi connectivity index (χ0v) is 23.3. The monoisotopic (exact) mass is 554 g/mol. The molecule has 0 radical (unpaired) electrons. The van der Waals surface area contributed by atoms with Crippen LogP contribution in [0.4, 0.5) is 4.79 Å². The van der Waals surface area contributed by atoms with E-state index in [1.54, 1.807) is 29.5 Å². The minimum atomic E-state index is -0.312. The van der Waals surface area contributed by atoms with Gasteiger partial charge in [0.2, 0.25) is 0 Å². The maximum atomic E-state index is 13.1. The maximum absolute atomic E-state index is 13.1. The van der Waals surface area contributed by atoms with Gasteiger partial charge in [-0.2, -0.15) is 0 Å². The summed E-state index contributed by atoms with van der Waals surface area (Å²) in [5.74, 6) is -0.595. The normalized spacial score (nSPS) is 16.5. The van der Waals surface area contributed by atoms with Crippen molar-refractivity contribution in [3.63, 3.8) is 0 Å². The van der Waals surface area contributed by atoms with Gasteiger partial charge in [0, 0.05) is 21.3 Å². The van der Waals surface area contributed by atoms with Gasteiger partial charge in [-0.25, -0.2) is 4.79 Å². The van der Waals surface area contributed by atoms with Crippen molar-refractivity contribution >= 4 is 57.9 Å². The van der Waals surface area contributed by atoms with E-state index < -0.39 is 0 Å². The molecule has 0 spiro atoms. The number of carbonyl (C=O) groups is 3. The Morgan fingerprint density at radius 3 is 2.59 bits per heavy atom. The van der Waals surface area contributed by atoms with Gasteiger partial charge in [-0.05, 0) is 99.2 Å². The van der Waals surface area contributed by atoms with Crippen LogP contribution in [0, 0.1) is 13.8 Å². The van der Waals surface area contributed by atoms with E-state index in [0.29, 0.717) is 22.1 Å². The van der Waals surface area contributed by atoms with Gasteiger partial charge in [-0.3, -0.25) is 14.5 Å². The standard InChI is InChI=1S/C28H27ClN2O4S2/c1-4-35-27(33)24-21-7-5-6-8-22(21)36-26(24)31-16(2)13-19(17(31)3)14-23-25(32)30(28(34)37-23)15-18-9-11-20(29)12-10-18/h9-14H,4-8,15H2,1-3H3/b23-14-. The molecule has 9 heteroatoms. The second kappa shape index (κ2) is 10.5. The van der Waals surface area contributed by atoms with E-state index in [2.05, 4.69) is 4.57 Å². The van der Waals surface area contributed by atoms with Crippen LogP contribution in [-0.4, -0.2) is 33.2 Å². The summed E-state index contributed by atoms with van der Waals surface area (Å²) in [5, 5.41) is 1.18. The number of amides is 2. The number of aryl methyl sites for hydroxylation is 2. The first kappa shape index (κ1) is 25.8. The zero-order valence-electron chi connectivity index (χ0n) is 20.9. The van der Waals surface area contributed by atoms with Gasteiger partial charge in [-0.15, -0.1) is 11.3 Å². The summed E-state index contributed by atoms with van der Waals surface area (Å²) in [5.41, 5.74) is 5.31. The van der Waals surface area contributed by atoms with Gasteiger partial charge in [0.1, 0.15) is 5.00 Å². The molecule has 0 N–H and O–H groups in total. The number of hydrogen-bond acceptors (Lipinski definition) is 6. The average Bonchev–Trinajstić information content (AvgIpc) is 3.47. The molecule has 6 nitrogen and oxygen atoms in total. The minimum Gasteiger partial charge on any atom is -0.462 e. The number of hydrogen-bond donors (Lipinski definition) is 0. The van der Waals surface area contributed by atoms with E-state index in [1.165, 1.54) is 9.78 Å². The van der Waals surface area contributed by atoms with Gasteiger partial charge >= 0.3 is 5.97 Å². The Labute approximate surface area is 229 Å². The van der Waals surface area contributed by atoms with Crippen molar-refractivity contribution in [1.29, 1.82) is 0 Å². The third-order valence-electron chi connectivity index (χ3n) is 6.72. The van der Waals surface area contributed by atoms with E-state index >= 15 is 0 Å². The van der Waals surface area contributed by atoms with Gasteiger partial charge in [-0.1, -0.05) is 23.7 Å². The molecular formula is C28H27ClN2O4S2. The van der Waals surface area contributed by atoms with Crippen molar-refractivity contribution in [3.05, 3.63) is 78.8 Å². The number of esters is 1. The molecule has 1 aromatic carbocycles. The molecule has 0 unspecified atom stereocenters. The summed E-state index contributed by atoms with van der Waals surface area (Å²) in [7, 11) is 0. The fraction of sp³-hybridized carbons (Fsp3) is 0.321. The summed E-state index contributed by atoms with van der Waals surface area (Å²) >= 11 is 8.56. The van der Waals surface area contributed by atoms with E-state index in [4.69, 9.17) is 16.3 Å². The van der Waals surface area contributed by atoms with Crippen molar-refractivity contribution in [2.24, 2.45) is 0 Å². The lowest BCUT2D eigenvalue weighted by molar-refractivity contribution is -0.123. The second-order valence-electron chi connectivity index (χ2n) is 9.17. The quantitative estimate of drug-likeness (QED) is 0.240. The summed E-state index contributed by atoms with van der Waals surface area (Å²) < 4.78 is 7.53. The molecule has 192 valence electrons. The molecule has 2 amide bonds. The Morgan fingerprint density at radius 1 is 1.14 bits per heavy atom. The number of rotatable bonds is 6. The van der Waals surface area contributed by atoms with Crippen molar-refractivity contribution in [3.8, 4) is 5.00 Å². The van der Waals surface area contributed by atoms with E-state index in [9.17, 15) is 14.4 Å². The molecular weight excluding hydrogens is 528 g/mol. The lowest BCUT2D eigenvalue weighted by atomic mass is 9.95. The molecule has 5 rings (SSSR count). The van der Waals surface area contributed by atoms with Crippen LogP contribution in [0.1, 0.15) is 63.1 Å². The number of imide groups is 1. The number of ether oxygens (including phenoxy) is 1. The Hall–Kier alpha value is -2.81. The van der Waals surface area contributed by atoms with Gasteiger partial charge < -0.3 is 9.30 Å². The lowest BCUT2D eigenvalue weighted by Gasteiger charge is -2.13.